The van der Waals surface area contributed by atoms with Crippen LogP contribution >= 0.6 is 11.8 Å². The lowest BCUT2D eigenvalue weighted by Crippen LogP contribution is -2.16. The van der Waals surface area contributed by atoms with Crippen molar-refractivity contribution < 1.29 is 13.9 Å². The molecule has 0 heterocycles. The normalized spacial score (nSPS) is 10.3. The summed E-state index contributed by atoms with van der Waals surface area (Å²) in [5.74, 6) is -0.827. The van der Waals surface area contributed by atoms with E-state index >= 15 is 0 Å². The highest BCUT2D eigenvalue weighted by Crippen LogP contribution is 2.10. The van der Waals surface area contributed by atoms with Gasteiger partial charge < -0.3 is 10.1 Å². The van der Waals surface area contributed by atoms with E-state index in [2.05, 4.69) is 31.6 Å². The number of esters is 1. The molecule has 0 aliphatic carbocycles. The van der Waals surface area contributed by atoms with E-state index in [9.17, 15) is 9.18 Å². The van der Waals surface area contributed by atoms with Crippen LogP contribution in [0.4, 0.5) is 4.39 Å². The van der Waals surface area contributed by atoms with Gasteiger partial charge in [0, 0.05) is 12.7 Å². The van der Waals surface area contributed by atoms with Gasteiger partial charge in [-0.3, -0.25) is 0 Å². The number of thioether (sulfide) groups is 1. The molecule has 0 bridgehead atoms. The van der Waals surface area contributed by atoms with E-state index in [1.54, 1.807) is 26.1 Å². The fourth-order valence-corrected chi connectivity index (χ4v) is 1.21. The van der Waals surface area contributed by atoms with Crippen molar-refractivity contribution in [3.63, 3.8) is 0 Å². The summed E-state index contributed by atoms with van der Waals surface area (Å²) >= 11 is 1.48. The second-order valence-corrected chi connectivity index (χ2v) is 4.65. The van der Waals surface area contributed by atoms with Gasteiger partial charge in [-0.05, 0) is 36.3 Å². The molecule has 0 radical (unpaired) electrons. The quantitative estimate of drug-likeness (QED) is 0.410. The molecule has 22 heavy (non-hydrogen) atoms. The van der Waals surface area contributed by atoms with Crippen molar-refractivity contribution >= 4 is 17.7 Å². The second-order valence-electron chi connectivity index (χ2n) is 3.72. The molecule has 0 aliphatic rings. The zero-order chi connectivity index (χ0) is 17.5. The van der Waals surface area contributed by atoms with Crippen molar-refractivity contribution in [1.29, 1.82) is 0 Å². The van der Waals surface area contributed by atoms with Crippen molar-refractivity contribution in [2.75, 3.05) is 19.9 Å². The number of hydrogen-bond acceptors (Lipinski definition) is 4. The Kier molecular flexibility index (Phi) is 14.1. The fraction of sp³-hybridized carbons (Fsp3) is 0.235. The first-order valence-electron chi connectivity index (χ1n) is 6.46. The van der Waals surface area contributed by atoms with Gasteiger partial charge in [-0.2, -0.15) is 0 Å². The molecule has 0 aromatic heterocycles. The van der Waals surface area contributed by atoms with Crippen molar-refractivity contribution in [3.8, 4) is 0 Å². The van der Waals surface area contributed by atoms with Crippen LogP contribution in [0.3, 0.4) is 0 Å². The first kappa shape index (κ1) is 22.3. The molecule has 5 heteroatoms. The zero-order valence-electron chi connectivity index (χ0n) is 13.4. The van der Waals surface area contributed by atoms with E-state index in [-0.39, 0.29) is 5.97 Å². The minimum atomic E-state index is -0.440. The van der Waals surface area contributed by atoms with Crippen molar-refractivity contribution in [2.45, 2.75) is 6.92 Å². The molecule has 0 saturated heterocycles. The van der Waals surface area contributed by atoms with Gasteiger partial charge in [0.15, 0.2) is 0 Å². The van der Waals surface area contributed by atoms with Crippen LogP contribution in [0.15, 0.2) is 72.6 Å². The zero-order valence-corrected chi connectivity index (χ0v) is 14.3. The Morgan fingerprint density at radius 2 is 1.91 bits per heavy atom. The van der Waals surface area contributed by atoms with Crippen molar-refractivity contribution in [2.24, 2.45) is 0 Å². The van der Waals surface area contributed by atoms with Crippen LogP contribution in [0.25, 0.3) is 0 Å². The van der Waals surface area contributed by atoms with Crippen LogP contribution < -0.4 is 5.32 Å². The summed E-state index contributed by atoms with van der Waals surface area (Å²) in [6, 6.07) is 0. The van der Waals surface area contributed by atoms with Gasteiger partial charge in [0.2, 0.25) is 0 Å². The number of carbonyl (C=O) groups excluding carboxylic acids is 1. The summed E-state index contributed by atoms with van der Waals surface area (Å²) in [6.45, 7) is 16.0. The van der Waals surface area contributed by atoms with Gasteiger partial charge >= 0.3 is 5.97 Å². The Hall–Kier alpha value is -2.01. The summed E-state index contributed by atoms with van der Waals surface area (Å²) < 4.78 is 16.7. The molecule has 0 saturated carbocycles. The number of allylic oxidation sites excluding steroid dienone is 5. The van der Waals surface area contributed by atoms with E-state index < -0.39 is 5.83 Å². The van der Waals surface area contributed by atoms with Crippen LogP contribution in [0.2, 0.25) is 0 Å². The third-order valence-electron chi connectivity index (χ3n) is 2.12. The Morgan fingerprint density at radius 3 is 2.27 bits per heavy atom. The lowest BCUT2D eigenvalue weighted by molar-refractivity contribution is -0.138. The molecule has 0 atom stereocenters. The highest BCUT2D eigenvalue weighted by atomic mass is 32.2. The number of likely N-dealkylation sites (N-methyl/N-ethyl adjacent to an activating group) is 1. The lowest BCUT2D eigenvalue weighted by Gasteiger charge is -2.08. The molecular weight excluding hydrogens is 301 g/mol. The summed E-state index contributed by atoms with van der Waals surface area (Å²) in [5.41, 5.74) is 0.928. The molecule has 0 amide bonds. The number of halogens is 1. The highest BCUT2D eigenvalue weighted by Gasteiger charge is 2.11. The monoisotopic (exact) mass is 325 g/mol. The van der Waals surface area contributed by atoms with Gasteiger partial charge in [0.25, 0.3) is 0 Å². The molecule has 0 fully saturated rings. The third kappa shape index (κ3) is 11.8. The molecule has 3 nitrogen and oxygen atoms in total. The van der Waals surface area contributed by atoms with E-state index in [0.29, 0.717) is 17.9 Å². The molecule has 0 spiro atoms. The Bertz CT molecular complexity index is 479. The topological polar surface area (TPSA) is 38.3 Å². The van der Waals surface area contributed by atoms with E-state index in [4.69, 9.17) is 4.74 Å². The number of rotatable bonds is 8. The summed E-state index contributed by atoms with van der Waals surface area (Å²) in [7, 11) is 1.69. The van der Waals surface area contributed by atoms with Gasteiger partial charge in [0.05, 0.1) is 12.2 Å². The predicted molar refractivity (Wildman–Crippen MR) is 95.2 cm³/mol. The molecule has 122 valence electrons. The van der Waals surface area contributed by atoms with Crippen molar-refractivity contribution in [3.05, 3.63) is 72.6 Å². The largest absolute Gasteiger partial charge is 0.462 e. The molecule has 0 aromatic carbocycles. The third-order valence-corrected chi connectivity index (χ3v) is 2.78. The first-order valence-corrected chi connectivity index (χ1v) is 7.68. The maximum atomic E-state index is 11.9. The van der Waals surface area contributed by atoms with Crippen LogP contribution in [-0.2, 0) is 9.53 Å². The van der Waals surface area contributed by atoms with E-state index in [1.165, 1.54) is 23.9 Å². The number of ether oxygens (including phenoxy) is 1. The van der Waals surface area contributed by atoms with Crippen LogP contribution in [0.1, 0.15) is 6.92 Å². The van der Waals surface area contributed by atoms with E-state index in [1.807, 2.05) is 6.26 Å². The molecule has 1 N–H and O–H groups in total. The molecule has 0 unspecified atom stereocenters. The van der Waals surface area contributed by atoms with Gasteiger partial charge in [-0.25, -0.2) is 9.18 Å². The lowest BCUT2D eigenvalue weighted by atomic mass is 10.2. The standard InChI is InChI=1S/C10H15NO2.C7H9FS/c1-5-7-9(8(3)11-4)10(12)13-6-2;1-6(8)4-5-7(2)9-3/h5,7,11H,1,3,6H2,2,4H3;4-5H,1-2H2,3H3/b9-7+;5-4-. The Labute approximate surface area is 137 Å². The average Bonchev–Trinajstić information content (AvgIpc) is 2.50. The number of hydrogen-bond donors (Lipinski definition) is 1. The SMILES string of the molecule is C=C(F)/C=C\C(=C)SC.C=C/C=C(\C(=C)NC)C(=O)OCC. The second kappa shape index (κ2) is 13.9. The number of carbonyl (C=O) groups is 1. The van der Waals surface area contributed by atoms with Crippen LogP contribution in [-0.4, -0.2) is 25.9 Å². The molecular formula is C17H24FNO2S. The summed E-state index contributed by atoms with van der Waals surface area (Å²) in [6.07, 6.45) is 7.85. The Balaban J connectivity index is 0. The van der Waals surface area contributed by atoms with E-state index in [0.717, 1.165) is 4.91 Å². The van der Waals surface area contributed by atoms with Crippen LogP contribution in [0.5, 0.6) is 0 Å². The van der Waals surface area contributed by atoms with Gasteiger partial charge in [-0.1, -0.05) is 32.4 Å². The molecule has 0 rings (SSSR count). The maximum Gasteiger partial charge on any atom is 0.340 e. The number of nitrogens with one attached hydrogen (secondary N) is 1. The fourth-order valence-electron chi connectivity index (χ4n) is 1.00. The van der Waals surface area contributed by atoms with Crippen molar-refractivity contribution in [1.82, 2.24) is 5.32 Å². The smallest absolute Gasteiger partial charge is 0.340 e. The molecule has 0 aliphatic heterocycles. The highest BCUT2D eigenvalue weighted by molar-refractivity contribution is 8.02. The minimum Gasteiger partial charge on any atom is -0.462 e. The summed E-state index contributed by atoms with van der Waals surface area (Å²) in [4.78, 5) is 12.1. The first-order chi connectivity index (χ1) is 10.3. The summed E-state index contributed by atoms with van der Waals surface area (Å²) in [5, 5.41) is 2.78. The minimum absolute atomic E-state index is 0.351. The predicted octanol–water partition coefficient (Wildman–Crippen LogP) is 4.30. The van der Waals surface area contributed by atoms with Gasteiger partial charge in [0.1, 0.15) is 5.83 Å². The average molecular weight is 325 g/mol. The molecule has 0 aromatic rings. The maximum absolute atomic E-state index is 11.9. The van der Waals surface area contributed by atoms with Crippen LogP contribution in [0, 0.1) is 0 Å². The Morgan fingerprint density at radius 1 is 1.32 bits per heavy atom. The van der Waals surface area contributed by atoms with Gasteiger partial charge in [-0.15, -0.1) is 11.8 Å².